The minimum Gasteiger partial charge on any atom is -0.489 e. The van der Waals surface area contributed by atoms with E-state index in [1.807, 2.05) is 60.3 Å². The molecule has 4 aromatic rings. The molecule has 4 heteroatoms. The molecule has 1 N–H and O–H groups in total. The fourth-order valence-electron chi connectivity index (χ4n) is 3.53. The van der Waals surface area contributed by atoms with E-state index in [-0.39, 0.29) is 5.56 Å². The van der Waals surface area contributed by atoms with Crippen molar-refractivity contribution >= 4 is 5.97 Å². The fraction of sp³-hybridized carbons (Fsp3) is 0.107. The minimum atomic E-state index is -0.940. The number of hydrogen-bond acceptors (Lipinski definition) is 2. The Morgan fingerprint density at radius 3 is 2.50 bits per heavy atom. The molecule has 0 unspecified atom stereocenters. The van der Waals surface area contributed by atoms with Gasteiger partial charge in [0.15, 0.2) is 0 Å². The van der Waals surface area contributed by atoms with Crippen LogP contribution in [0.15, 0.2) is 85.2 Å². The molecule has 1 heterocycles. The Balaban J connectivity index is 1.64. The van der Waals surface area contributed by atoms with Crippen molar-refractivity contribution in [3.8, 4) is 34.4 Å². The van der Waals surface area contributed by atoms with Gasteiger partial charge >= 0.3 is 5.97 Å². The van der Waals surface area contributed by atoms with Crippen LogP contribution in [-0.4, -0.2) is 15.6 Å². The van der Waals surface area contributed by atoms with E-state index in [0.717, 1.165) is 33.7 Å². The summed E-state index contributed by atoms with van der Waals surface area (Å²) in [7, 11) is 0. The maximum Gasteiger partial charge on any atom is 0.335 e. The Hall–Kier alpha value is -4.23. The summed E-state index contributed by atoms with van der Waals surface area (Å²) in [5.74, 6) is 6.00. The van der Waals surface area contributed by atoms with Crippen molar-refractivity contribution in [2.45, 2.75) is 20.5 Å². The molecule has 0 saturated carbocycles. The van der Waals surface area contributed by atoms with E-state index in [2.05, 4.69) is 30.9 Å². The zero-order chi connectivity index (χ0) is 22.5. The van der Waals surface area contributed by atoms with Gasteiger partial charge in [0.25, 0.3) is 0 Å². The molecule has 0 aliphatic carbocycles. The molecule has 4 nitrogen and oxygen atoms in total. The summed E-state index contributed by atoms with van der Waals surface area (Å²) in [4.78, 5) is 11.1. The molecule has 1 aromatic heterocycles. The predicted molar refractivity (Wildman–Crippen MR) is 126 cm³/mol. The smallest absolute Gasteiger partial charge is 0.335 e. The summed E-state index contributed by atoms with van der Waals surface area (Å²) < 4.78 is 8.02. The molecule has 4 rings (SSSR count). The number of benzene rings is 3. The molecular formula is C28H23NO3. The second-order valence-corrected chi connectivity index (χ2v) is 7.46. The fourth-order valence-corrected chi connectivity index (χ4v) is 3.53. The van der Waals surface area contributed by atoms with Gasteiger partial charge in [-0.1, -0.05) is 42.3 Å². The maximum atomic E-state index is 11.1. The van der Waals surface area contributed by atoms with Crippen LogP contribution in [0.1, 0.15) is 34.0 Å². The molecule has 0 aliphatic rings. The lowest BCUT2D eigenvalue weighted by molar-refractivity contribution is 0.0697. The summed E-state index contributed by atoms with van der Waals surface area (Å²) in [5.41, 5.74) is 6.38. The van der Waals surface area contributed by atoms with Crippen molar-refractivity contribution in [2.75, 3.05) is 0 Å². The molecule has 0 amide bonds. The van der Waals surface area contributed by atoms with Crippen molar-refractivity contribution < 1.29 is 14.6 Å². The Kier molecular flexibility index (Phi) is 6.10. The van der Waals surface area contributed by atoms with E-state index in [4.69, 9.17) is 9.84 Å². The summed E-state index contributed by atoms with van der Waals surface area (Å²) in [6.07, 6.45) is 3.97. The predicted octanol–water partition coefficient (Wildman–Crippen LogP) is 6.10. The van der Waals surface area contributed by atoms with Crippen LogP contribution < -0.4 is 4.74 Å². The zero-order valence-corrected chi connectivity index (χ0v) is 18.0. The number of carboxylic acid groups (broad SMARTS) is 1. The monoisotopic (exact) mass is 421 g/mol. The van der Waals surface area contributed by atoms with Crippen molar-refractivity contribution in [1.82, 2.24) is 4.57 Å². The number of aromatic carboxylic acids is 1. The van der Waals surface area contributed by atoms with E-state index < -0.39 is 5.97 Å². The van der Waals surface area contributed by atoms with E-state index in [9.17, 15) is 4.79 Å². The first-order valence-electron chi connectivity index (χ1n) is 10.3. The van der Waals surface area contributed by atoms with Crippen LogP contribution in [0.4, 0.5) is 0 Å². The first-order valence-corrected chi connectivity index (χ1v) is 10.3. The molecule has 0 aliphatic heterocycles. The zero-order valence-electron chi connectivity index (χ0n) is 18.0. The highest BCUT2D eigenvalue weighted by atomic mass is 16.5. The first-order chi connectivity index (χ1) is 15.5. The average Bonchev–Trinajstić information content (AvgIpc) is 3.23. The average molecular weight is 421 g/mol. The quantitative estimate of drug-likeness (QED) is 0.383. The summed E-state index contributed by atoms with van der Waals surface area (Å²) in [6, 6.07) is 23.0. The van der Waals surface area contributed by atoms with Crippen LogP contribution in [0.3, 0.4) is 0 Å². The Morgan fingerprint density at radius 2 is 1.78 bits per heavy atom. The highest BCUT2D eigenvalue weighted by Gasteiger charge is 2.11. The van der Waals surface area contributed by atoms with Crippen LogP contribution in [0, 0.1) is 18.8 Å². The van der Waals surface area contributed by atoms with Crippen LogP contribution in [-0.2, 0) is 6.61 Å². The number of aryl methyl sites for hydroxylation is 1. The lowest BCUT2D eigenvalue weighted by atomic mass is 10.0. The van der Waals surface area contributed by atoms with E-state index >= 15 is 0 Å². The number of nitrogens with zero attached hydrogens (tertiary/aromatic N) is 1. The maximum absolute atomic E-state index is 11.1. The van der Waals surface area contributed by atoms with Gasteiger partial charge in [0, 0.05) is 23.6 Å². The normalized spacial score (nSPS) is 10.3. The second kappa shape index (κ2) is 9.28. The third kappa shape index (κ3) is 4.58. The second-order valence-electron chi connectivity index (χ2n) is 7.46. The van der Waals surface area contributed by atoms with Gasteiger partial charge in [0.2, 0.25) is 0 Å². The molecule has 0 saturated heterocycles. The van der Waals surface area contributed by atoms with E-state index in [0.29, 0.717) is 6.61 Å². The Labute approximate surface area is 187 Å². The highest BCUT2D eigenvalue weighted by Crippen LogP contribution is 2.29. The van der Waals surface area contributed by atoms with Crippen molar-refractivity contribution in [3.05, 3.63) is 107 Å². The van der Waals surface area contributed by atoms with Crippen LogP contribution >= 0.6 is 0 Å². The summed E-state index contributed by atoms with van der Waals surface area (Å²) >= 11 is 0. The van der Waals surface area contributed by atoms with Crippen molar-refractivity contribution in [1.29, 1.82) is 0 Å². The van der Waals surface area contributed by atoms with Crippen LogP contribution in [0.25, 0.3) is 16.8 Å². The van der Waals surface area contributed by atoms with Gasteiger partial charge in [-0.2, -0.15) is 0 Å². The molecule has 32 heavy (non-hydrogen) atoms. The van der Waals surface area contributed by atoms with Gasteiger partial charge in [-0.3, -0.25) is 0 Å². The minimum absolute atomic E-state index is 0.258. The van der Waals surface area contributed by atoms with Gasteiger partial charge in [0.05, 0.1) is 11.1 Å². The summed E-state index contributed by atoms with van der Waals surface area (Å²) in [6.45, 7) is 4.40. The molecule has 158 valence electrons. The number of rotatable bonds is 6. The Morgan fingerprint density at radius 1 is 1.00 bits per heavy atom. The molecule has 3 aromatic carbocycles. The van der Waals surface area contributed by atoms with Gasteiger partial charge in [0.1, 0.15) is 12.4 Å². The number of aromatic nitrogens is 1. The third-order valence-corrected chi connectivity index (χ3v) is 5.30. The van der Waals surface area contributed by atoms with Gasteiger partial charge in [-0.15, -0.1) is 5.92 Å². The van der Waals surface area contributed by atoms with E-state index in [1.54, 1.807) is 24.3 Å². The number of ether oxygens (including phenoxy) is 1. The van der Waals surface area contributed by atoms with Gasteiger partial charge in [-0.25, -0.2) is 4.79 Å². The van der Waals surface area contributed by atoms with Crippen LogP contribution in [0.5, 0.6) is 5.75 Å². The largest absolute Gasteiger partial charge is 0.489 e. The summed E-state index contributed by atoms with van der Waals surface area (Å²) in [5, 5.41) is 9.13. The number of hydrogen-bond donors (Lipinski definition) is 1. The SMILES string of the molecule is CC#Cc1cn(-c2ccc(C(=O)O)cc2)cc1-c1cccc(OCc2ccccc2C)c1. The molecule has 0 bridgehead atoms. The van der Waals surface area contributed by atoms with Crippen molar-refractivity contribution in [2.24, 2.45) is 0 Å². The number of carboxylic acids is 1. The standard InChI is InChI=1S/C28H23NO3/c1-3-7-23-17-29(25-14-12-21(13-15-25)28(30)31)18-27(23)22-10-6-11-26(16-22)32-19-24-9-5-4-8-20(24)2/h4-6,8-18H,19H2,1-2H3,(H,30,31). The van der Waals surface area contributed by atoms with Gasteiger partial charge in [-0.05, 0) is 66.9 Å². The number of carbonyl (C=O) groups is 1. The highest BCUT2D eigenvalue weighted by molar-refractivity contribution is 5.87. The lowest BCUT2D eigenvalue weighted by Crippen LogP contribution is -1.97. The molecule has 0 atom stereocenters. The molecule has 0 radical (unpaired) electrons. The molecular weight excluding hydrogens is 398 g/mol. The first kappa shape index (κ1) is 21.0. The van der Waals surface area contributed by atoms with Crippen molar-refractivity contribution in [3.63, 3.8) is 0 Å². The lowest BCUT2D eigenvalue weighted by Gasteiger charge is -2.10. The van der Waals surface area contributed by atoms with Crippen LogP contribution in [0.2, 0.25) is 0 Å². The third-order valence-electron chi connectivity index (χ3n) is 5.30. The van der Waals surface area contributed by atoms with Gasteiger partial charge < -0.3 is 14.4 Å². The van der Waals surface area contributed by atoms with E-state index in [1.165, 1.54) is 5.56 Å². The Bertz CT molecular complexity index is 1320. The topological polar surface area (TPSA) is 51.5 Å². The molecule has 0 spiro atoms. The molecule has 0 fully saturated rings.